The predicted molar refractivity (Wildman–Crippen MR) is 65.8 cm³/mol. The molecule has 19 heavy (non-hydrogen) atoms. The van der Waals surface area contributed by atoms with E-state index in [1.54, 1.807) is 0 Å². The van der Waals surface area contributed by atoms with Crippen LogP contribution < -0.4 is 0 Å². The predicted octanol–water partition coefficient (Wildman–Crippen LogP) is 4.31. The number of thioether (sulfide) groups is 1. The van der Waals surface area contributed by atoms with Gasteiger partial charge in [-0.2, -0.15) is 24.9 Å². The van der Waals surface area contributed by atoms with Gasteiger partial charge in [0.25, 0.3) is 0 Å². The molecule has 0 N–H and O–H groups in total. The van der Waals surface area contributed by atoms with E-state index in [1.807, 2.05) is 0 Å². The Morgan fingerprint density at radius 1 is 1.26 bits per heavy atom. The minimum Gasteiger partial charge on any atom is -0.293 e. The van der Waals surface area contributed by atoms with Crippen molar-refractivity contribution in [2.45, 2.75) is 30.7 Å². The highest BCUT2D eigenvalue weighted by Gasteiger charge is 2.36. The molecule has 1 aromatic rings. The topological polar surface area (TPSA) is 17.1 Å². The standard InChI is InChI=1S/C13H12F4OS/c14-11-8(4-3-5-9(11)13(15,16)17)12(18)10-6-1-2-7-19-10/h3-5,10H,1-2,6-7H2. The lowest BCUT2D eigenvalue weighted by Gasteiger charge is -2.20. The first-order valence-electron chi connectivity index (χ1n) is 5.93. The molecule has 6 heteroatoms. The third-order valence-electron chi connectivity index (χ3n) is 3.04. The summed E-state index contributed by atoms with van der Waals surface area (Å²) in [5.74, 6) is -1.20. The van der Waals surface area contributed by atoms with Crippen LogP contribution in [0.25, 0.3) is 0 Å². The van der Waals surface area contributed by atoms with Gasteiger partial charge in [0.1, 0.15) is 5.82 Å². The van der Waals surface area contributed by atoms with Gasteiger partial charge in [-0.1, -0.05) is 12.5 Å². The average Bonchev–Trinajstić information content (AvgIpc) is 2.38. The second-order valence-electron chi connectivity index (χ2n) is 4.38. The van der Waals surface area contributed by atoms with Crippen molar-refractivity contribution in [3.05, 3.63) is 35.1 Å². The molecule has 0 amide bonds. The maximum atomic E-state index is 13.8. The van der Waals surface area contributed by atoms with E-state index in [0.717, 1.165) is 30.7 Å². The molecule has 0 aromatic heterocycles. The normalized spacial score (nSPS) is 20.3. The second-order valence-corrected chi connectivity index (χ2v) is 5.69. The lowest BCUT2D eigenvalue weighted by Crippen LogP contribution is -2.23. The van der Waals surface area contributed by atoms with Gasteiger partial charge in [-0.05, 0) is 30.7 Å². The van der Waals surface area contributed by atoms with Crippen molar-refractivity contribution in [3.63, 3.8) is 0 Å². The maximum Gasteiger partial charge on any atom is 0.419 e. The Kier molecular flexibility index (Phi) is 4.18. The van der Waals surface area contributed by atoms with Gasteiger partial charge < -0.3 is 0 Å². The van der Waals surface area contributed by atoms with Gasteiger partial charge >= 0.3 is 6.18 Å². The Bertz CT molecular complexity index is 478. The summed E-state index contributed by atoms with van der Waals surface area (Å²) in [7, 11) is 0. The molecular formula is C13H12F4OS. The first-order valence-corrected chi connectivity index (χ1v) is 6.97. The minimum absolute atomic E-state index is 0.424. The van der Waals surface area contributed by atoms with Crippen LogP contribution in [0.3, 0.4) is 0 Å². The lowest BCUT2D eigenvalue weighted by atomic mass is 10.0. The van der Waals surface area contributed by atoms with Gasteiger partial charge in [-0.15, -0.1) is 0 Å². The molecule has 104 valence electrons. The van der Waals surface area contributed by atoms with Gasteiger partial charge in [0.15, 0.2) is 5.78 Å². The van der Waals surface area contributed by atoms with Crippen molar-refractivity contribution in [1.82, 2.24) is 0 Å². The van der Waals surface area contributed by atoms with Crippen LogP contribution >= 0.6 is 11.8 Å². The third-order valence-corrected chi connectivity index (χ3v) is 4.42. The van der Waals surface area contributed by atoms with Gasteiger partial charge in [0.2, 0.25) is 0 Å². The SMILES string of the molecule is O=C(c1cccc(C(F)(F)F)c1F)C1CCCCS1. The highest BCUT2D eigenvalue weighted by Crippen LogP contribution is 2.34. The van der Waals surface area contributed by atoms with Crippen molar-refractivity contribution in [3.8, 4) is 0 Å². The second kappa shape index (κ2) is 5.53. The van der Waals surface area contributed by atoms with E-state index in [4.69, 9.17) is 0 Å². The minimum atomic E-state index is -4.78. The Hall–Kier alpha value is -1.04. The van der Waals surface area contributed by atoms with E-state index in [1.165, 1.54) is 11.8 Å². The monoisotopic (exact) mass is 292 g/mol. The number of carbonyl (C=O) groups is 1. The summed E-state index contributed by atoms with van der Waals surface area (Å²) in [6.07, 6.45) is -2.34. The molecule has 1 aromatic carbocycles. The van der Waals surface area contributed by atoms with Crippen molar-refractivity contribution < 1.29 is 22.4 Å². The van der Waals surface area contributed by atoms with Crippen LogP contribution in [0.15, 0.2) is 18.2 Å². The Morgan fingerprint density at radius 2 is 2.00 bits per heavy atom. The lowest BCUT2D eigenvalue weighted by molar-refractivity contribution is -0.140. The van der Waals surface area contributed by atoms with Crippen LogP contribution in [-0.4, -0.2) is 16.8 Å². The molecular weight excluding hydrogens is 280 g/mol. The Morgan fingerprint density at radius 3 is 2.58 bits per heavy atom. The molecule has 0 saturated carbocycles. The number of alkyl halides is 3. The Balaban J connectivity index is 2.32. The summed E-state index contributed by atoms with van der Waals surface area (Å²) in [6, 6.07) is 2.86. The van der Waals surface area contributed by atoms with Gasteiger partial charge in [0.05, 0.1) is 16.4 Å². The zero-order valence-corrected chi connectivity index (χ0v) is 10.8. The van der Waals surface area contributed by atoms with E-state index in [0.29, 0.717) is 12.5 Å². The fourth-order valence-corrected chi connectivity index (χ4v) is 3.33. The summed E-state index contributed by atoms with van der Waals surface area (Å²) in [6.45, 7) is 0. The number of hydrogen-bond acceptors (Lipinski definition) is 2. The van der Waals surface area contributed by atoms with Gasteiger partial charge in [-0.3, -0.25) is 4.79 Å². The summed E-state index contributed by atoms with van der Waals surface area (Å²) in [4.78, 5) is 12.1. The molecule has 2 rings (SSSR count). The first-order chi connectivity index (χ1) is 8.91. The highest BCUT2D eigenvalue weighted by atomic mass is 32.2. The van der Waals surface area contributed by atoms with Crippen LogP contribution in [0.4, 0.5) is 17.6 Å². The molecule has 0 spiro atoms. The molecule has 1 fully saturated rings. The van der Waals surface area contributed by atoms with E-state index in [9.17, 15) is 22.4 Å². The molecule has 1 saturated heterocycles. The quantitative estimate of drug-likeness (QED) is 0.596. The fourth-order valence-electron chi connectivity index (χ4n) is 2.06. The summed E-state index contributed by atoms with van der Waals surface area (Å²) in [5.41, 5.74) is -1.83. The Labute approximate surface area is 112 Å². The van der Waals surface area contributed by atoms with Gasteiger partial charge in [-0.25, -0.2) is 4.39 Å². The summed E-state index contributed by atoms with van der Waals surface area (Å²) >= 11 is 1.39. The number of rotatable bonds is 2. The maximum absolute atomic E-state index is 13.8. The molecule has 1 heterocycles. The molecule has 1 aliphatic rings. The molecule has 0 radical (unpaired) electrons. The van der Waals surface area contributed by atoms with Crippen LogP contribution in [0, 0.1) is 5.82 Å². The van der Waals surface area contributed by atoms with E-state index < -0.39 is 34.2 Å². The smallest absolute Gasteiger partial charge is 0.293 e. The van der Waals surface area contributed by atoms with Crippen LogP contribution in [0.1, 0.15) is 35.2 Å². The fraction of sp³-hybridized carbons (Fsp3) is 0.462. The van der Waals surface area contributed by atoms with Crippen LogP contribution in [0.2, 0.25) is 0 Å². The number of halogens is 4. The largest absolute Gasteiger partial charge is 0.419 e. The molecule has 1 aliphatic heterocycles. The average molecular weight is 292 g/mol. The molecule has 1 unspecified atom stereocenters. The number of Topliss-reactive ketones (excluding diaryl/α,β-unsaturated/α-hetero) is 1. The van der Waals surface area contributed by atoms with E-state index in [2.05, 4.69) is 0 Å². The summed E-state index contributed by atoms with van der Waals surface area (Å²) < 4.78 is 51.6. The number of hydrogen-bond donors (Lipinski definition) is 0. The molecule has 1 atom stereocenters. The van der Waals surface area contributed by atoms with Crippen molar-refractivity contribution in [1.29, 1.82) is 0 Å². The third kappa shape index (κ3) is 3.11. The molecule has 1 nitrogen and oxygen atoms in total. The zero-order chi connectivity index (χ0) is 14.0. The van der Waals surface area contributed by atoms with Gasteiger partial charge in [0, 0.05) is 0 Å². The number of ketones is 1. The summed E-state index contributed by atoms with van der Waals surface area (Å²) in [5, 5.41) is -0.424. The number of carbonyl (C=O) groups excluding carboxylic acids is 1. The molecule has 0 aliphatic carbocycles. The van der Waals surface area contributed by atoms with Crippen molar-refractivity contribution in [2.75, 3.05) is 5.75 Å². The zero-order valence-electron chi connectivity index (χ0n) is 9.97. The highest BCUT2D eigenvalue weighted by molar-refractivity contribution is 8.00. The van der Waals surface area contributed by atoms with Crippen molar-refractivity contribution in [2.24, 2.45) is 0 Å². The molecule has 0 bridgehead atoms. The van der Waals surface area contributed by atoms with Crippen molar-refractivity contribution >= 4 is 17.5 Å². The van der Waals surface area contributed by atoms with E-state index in [-0.39, 0.29) is 0 Å². The van der Waals surface area contributed by atoms with Crippen LogP contribution in [-0.2, 0) is 6.18 Å². The number of benzene rings is 1. The van der Waals surface area contributed by atoms with E-state index >= 15 is 0 Å². The first kappa shape index (κ1) is 14.4. The van der Waals surface area contributed by atoms with Crippen LogP contribution in [0.5, 0.6) is 0 Å².